The summed E-state index contributed by atoms with van der Waals surface area (Å²) in [6.45, 7) is 6.67. The van der Waals surface area contributed by atoms with Gasteiger partial charge in [0.25, 0.3) is 0 Å². The standard InChI is InChI=1S/C16H25N3O3S/c1-3-19(15-6-4-5-14(2)13-15)16(20)7-12-23(21,22)18-10-8-17-9-11-18/h4-6,13,17H,3,7-12H2,1-2H3. The van der Waals surface area contributed by atoms with Gasteiger partial charge in [-0.2, -0.15) is 4.31 Å². The molecule has 23 heavy (non-hydrogen) atoms. The Kier molecular flexibility index (Phi) is 6.15. The van der Waals surface area contributed by atoms with E-state index in [0.29, 0.717) is 32.7 Å². The molecule has 0 saturated carbocycles. The highest BCUT2D eigenvalue weighted by Gasteiger charge is 2.25. The van der Waals surface area contributed by atoms with Gasteiger partial charge in [-0.1, -0.05) is 12.1 Å². The van der Waals surface area contributed by atoms with Crippen molar-refractivity contribution in [3.05, 3.63) is 29.8 Å². The highest BCUT2D eigenvalue weighted by atomic mass is 32.2. The minimum Gasteiger partial charge on any atom is -0.314 e. The van der Waals surface area contributed by atoms with E-state index in [0.717, 1.165) is 11.3 Å². The number of aryl methyl sites for hydroxylation is 1. The molecule has 0 aromatic heterocycles. The maximum absolute atomic E-state index is 12.4. The fraction of sp³-hybridized carbons (Fsp3) is 0.562. The lowest BCUT2D eigenvalue weighted by Crippen LogP contribution is -2.47. The molecule has 1 heterocycles. The first kappa shape index (κ1) is 17.9. The number of anilines is 1. The van der Waals surface area contributed by atoms with Crippen LogP contribution >= 0.6 is 0 Å². The first-order valence-corrected chi connectivity index (χ1v) is 9.60. The Labute approximate surface area is 138 Å². The molecule has 1 aromatic carbocycles. The lowest BCUT2D eigenvalue weighted by atomic mass is 10.2. The molecule has 0 unspecified atom stereocenters. The van der Waals surface area contributed by atoms with Crippen LogP contribution in [0.2, 0.25) is 0 Å². The van der Waals surface area contributed by atoms with Gasteiger partial charge in [0.2, 0.25) is 15.9 Å². The highest BCUT2D eigenvalue weighted by Crippen LogP contribution is 2.17. The number of amides is 1. The van der Waals surface area contributed by atoms with Crippen molar-refractivity contribution in [3.63, 3.8) is 0 Å². The van der Waals surface area contributed by atoms with Crippen molar-refractivity contribution in [1.82, 2.24) is 9.62 Å². The summed E-state index contributed by atoms with van der Waals surface area (Å²) in [5, 5.41) is 3.12. The van der Waals surface area contributed by atoms with Crippen molar-refractivity contribution < 1.29 is 13.2 Å². The third-order valence-corrected chi connectivity index (χ3v) is 5.85. The summed E-state index contributed by atoms with van der Waals surface area (Å²) in [7, 11) is -3.36. The molecule has 0 atom stereocenters. The molecule has 0 bridgehead atoms. The maximum atomic E-state index is 12.4. The van der Waals surface area contributed by atoms with Crippen molar-refractivity contribution in [2.75, 3.05) is 43.4 Å². The highest BCUT2D eigenvalue weighted by molar-refractivity contribution is 7.89. The minimum absolute atomic E-state index is 0.00798. The zero-order valence-corrected chi connectivity index (χ0v) is 14.6. The number of carbonyl (C=O) groups is 1. The Balaban J connectivity index is 1.99. The van der Waals surface area contributed by atoms with E-state index in [-0.39, 0.29) is 18.1 Å². The molecule has 1 aromatic rings. The van der Waals surface area contributed by atoms with Crippen LogP contribution in [0, 0.1) is 6.92 Å². The van der Waals surface area contributed by atoms with Crippen LogP contribution in [-0.4, -0.2) is 57.1 Å². The van der Waals surface area contributed by atoms with Crippen molar-refractivity contribution in [1.29, 1.82) is 0 Å². The van der Waals surface area contributed by atoms with Crippen molar-refractivity contribution in [2.45, 2.75) is 20.3 Å². The lowest BCUT2D eigenvalue weighted by Gasteiger charge is -2.27. The summed E-state index contributed by atoms with van der Waals surface area (Å²) < 4.78 is 26.1. The first-order valence-electron chi connectivity index (χ1n) is 7.99. The summed E-state index contributed by atoms with van der Waals surface area (Å²) in [6.07, 6.45) is 0.00798. The first-order chi connectivity index (χ1) is 10.9. The molecule has 128 valence electrons. The summed E-state index contributed by atoms with van der Waals surface area (Å²) in [5.74, 6) is -0.287. The fourth-order valence-electron chi connectivity index (χ4n) is 2.70. The zero-order chi connectivity index (χ0) is 16.9. The number of benzene rings is 1. The number of carbonyl (C=O) groups excluding carboxylic acids is 1. The van der Waals surface area contributed by atoms with Gasteiger partial charge in [0.1, 0.15) is 0 Å². The molecule has 1 aliphatic rings. The number of hydrogen-bond acceptors (Lipinski definition) is 4. The predicted molar refractivity (Wildman–Crippen MR) is 92.1 cm³/mol. The Morgan fingerprint density at radius 2 is 2.00 bits per heavy atom. The van der Waals surface area contributed by atoms with Gasteiger partial charge in [-0.15, -0.1) is 0 Å². The van der Waals surface area contributed by atoms with Gasteiger partial charge in [-0.05, 0) is 31.5 Å². The van der Waals surface area contributed by atoms with E-state index in [2.05, 4.69) is 5.32 Å². The Morgan fingerprint density at radius 3 is 2.61 bits per heavy atom. The van der Waals surface area contributed by atoms with E-state index in [1.165, 1.54) is 4.31 Å². The number of nitrogens with one attached hydrogen (secondary N) is 1. The Morgan fingerprint density at radius 1 is 1.30 bits per heavy atom. The smallest absolute Gasteiger partial charge is 0.228 e. The Bertz CT molecular complexity index is 640. The normalized spacial score (nSPS) is 16.3. The van der Waals surface area contributed by atoms with Crippen LogP contribution in [-0.2, 0) is 14.8 Å². The molecular formula is C16H25N3O3S. The fourth-order valence-corrected chi connectivity index (χ4v) is 4.13. The third kappa shape index (κ3) is 4.76. The van der Waals surface area contributed by atoms with Crippen LogP contribution in [0.4, 0.5) is 5.69 Å². The summed E-state index contributed by atoms with van der Waals surface area (Å²) in [4.78, 5) is 14.1. The summed E-state index contributed by atoms with van der Waals surface area (Å²) in [5.41, 5.74) is 1.89. The van der Waals surface area contributed by atoms with Crippen LogP contribution in [0.3, 0.4) is 0 Å². The van der Waals surface area contributed by atoms with E-state index >= 15 is 0 Å². The van der Waals surface area contributed by atoms with Gasteiger partial charge in [-0.3, -0.25) is 4.79 Å². The van der Waals surface area contributed by atoms with Crippen LogP contribution in [0.25, 0.3) is 0 Å². The van der Waals surface area contributed by atoms with Gasteiger partial charge in [0.05, 0.1) is 5.75 Å². The van der Waals surface area contributed by atoms with Gasteiger partial charge in [0.15, 0.2) is 0 Å². The maximum Gasteiger partial charge on any atom is 0.228 e. The van der Waals surface area contributed by atoms with Crippen molar-refractivity contribution >= 4 is 21.6 Å². The number of hydrogen-bond donors (Lipinski definition) is 1. The second-order valence-electron chi connectivity index (χ2n) is 5.69. The van der Waals surface area contributed by atoms with Gasteiger partial charge < -0.3 is 10.2 Å². The molecule has 0 aliphatic carbocycles. The zero-order valence-electron chi connectivity index (χ0n) is 13.8. The molecular weight excluding hydrogens is 314 g/mol. The average molecular weight is 339 g/mol. The topological polar surface area (TPSA) is 69.7 Å². The van der Waals surface area contributed by atoms with Gasteiger partial charge in [-0.25, -0.2) is 8.42 Å². The molecule has 1 amide bonds. The lowest BCUT2D eigenvalue weighted by molar-refractivity contribution is -0.118. The monoisotopic (exact) mass is 339 g/mol. The number of sulfonamides is 1. The molecule has 0 radical (unpaired) electrons. The van der Waals surface area contributed by atoms with E-state index < -0.39 is 10.0 Å². The van der Waals surface area contributed by atoms with E-state index in [1.54, 1.807) is 4.90 Å². The predicted octanol–water partition coefficient (Wildman–Crippen LogP) is 0.973. The van der Waals surface area contributed by atoms with Gasteiger partial charge >= 0.3 is 0 Å². The van der Waals surface area contributed by atoms with E-state index in [4.69, 9.17) is 0 Å². The quantitative estimate of drug-likeness (QED) is 0.838. The molecule has 7 heteroatoms. The third-order valence-electron chi connectivity index (χ3n) is 3.97. The SMILES string of the molecule is CCN(C(=O)CCS(=O)(=O)N1CCNCC1)c1cccc(C)c1. The van der Waals surface area contributed by atoms with E-state index in [1.807, 2.05) is 38.1 Å². The largest absolute Gasteiger partial charge is 0.314 e. The number of rotatable bonds is 6. The summed E-state index contributed by atoms with van der Waals surface area (Å²) in [6, 6.07) is 7.68. The molecule has 1 fully saturated rings. The summed E-state index contributed by atoms with van der Waals surface area (Å²) >= 11 is 0. The minimum atomic E-state index is -3.36. The molecule has 1 saturated heterocycles. The van der Waals surface area contributed by atoms with Crippen LogP contribution in [0.15, 0.2) is 24.3 Å². The van der Waals surface area contributed by atoms with Crippen LogP contribution in [0.1, 0.15) is 18.9 Å². The van der Waals surface area contributed by atoms with Crippen LogP contribution in [0.5, 0.6) is 0 Å². The molecule has 6 nitrogen and oxygen atoms in total. The molecule has 2 rings (SSSR count). The van der Waals surface area contributed by atoms with Crippen molar-refractivity contribution in [2.24, 2.45) is 0 Å². The molecule has 0 spiro atoms. The van der Waals surface area contributed by atoms with E-state index in [9.17, 15) is 13.2 Å². The van der Waals surface area contributed by atoms with Gasteiger partial charge in [0, 0.05) is 44.8 Å². The number of nitrogens with zero attached hydrogens (tertiary/aromatic N) is 2. The second-order valence-corrected chi connectivity index (χ2v) is 7.78. The van der Waals surface area contributed by atoms with Crippen molar-refractivity contribution in [3.8, 4) is 0 Å². The number of piperazine rings is 1. The molecule has 1 aliphatic heterocycles. The Hall–Kier alpha value is -1.44. The van der Waals surface area contributed by atoms with Crippen LogP contribution < -0.4 is 10.2 Å². The second kappa shape index (κ2) is 7.90. The average Bonchev–Trinajstić information content (AvgIpc) is 2.55. The molecule has 1 N–H and O–H groups in total.